The minimum absolute atomic E-state index is 0.0713. The van der Waals surface area contributed by atoms with Gasteiger partial charge in [-0.05, 0) is 47.0 Å². The van der Waals surface area contributed by atoms with Crippen molar-refractivity contribution in [2.45, 2.75) is 12.2 Å². The largest absolute Gasteiger partial charge is 0.490 e. The SMILES string of the molecule is O=C(O)C(F)(F)F.O=C1c2c3ccc(-c4ccncc4)c2C(=O)N(c2cccc(Cl)c2)C1C=C3. The zero-order valence-electron chi connectivity index (χ0n) is 17.1. The van der Waals surface area contributed by atoms with Crippen LogP contribution in [-0.4, -0.2) is 40.0 Å². The highest BCUT2D eigenvalue weighted by molar-refractivity contribution is 6.31. The predicted octanol–water partition coefficient (Wildman–Crippen LogP) is 5.27. The molecule has 0 saturated heterocycles. The van der Waals surface area contributed by atoms with Crippen molar-refractivity contribution in [3.05, 3.63) is 88.7 Å². The number of benzene rings is 2. The molecule has 6 nitrogen and oxygen atoms in total. The summed E-state index contributed by atoms with van der Waals surface area (Å²) in [4.78, 5) is 41.2. The van der Waals surface area contributed by atoms with E-state index in [0.717, 1.165) is 16.7 Å². The molecule has 1 atom stereocenters. The number of ketones is 1. The molecular formula is C24H14ClF3N2O4. The van der Waals surface area contributed by atoms with Gasteiger partial charge < -0.3 is 5.11 Å². The molecule has 1 aromatic heterocycles. The predicted molar refractivity (Wildman–Crippen MR) is 119 cm³/mol. The Morgan fingerprint density at radius 2 is 1.71 bits per heavy atom. The van der Waals surface area contributed by atoms with Crippen LogP contribution in [0, 0.1) is 0 Å². The van der Waals surface area contributed by atoms with Crippen molar-refractivity contribution in [3.63, 3.8) is 0 Å². The van der Waals surface area contributed by atoms with E-state index in [-0.39, 0.29) is 11.7 Å². The lowest BCUT2D eigenvalue weighted by atomic mass is 9.80. The molecule has 2 aromatic carbocycles. The molecule has 2 heterocycles. The zero-order chi connectivity index (χ0) is 24.6. The van der Waals surface area contributed by atoms with Gasteiger partial charge >= 0.3 is 12.1 Å². The summed E-state index contributed by atoms with van der Waals surface area (Å²) < 4.78 is 31.7. The summed E-state index contributed by atoms with van der Waals surface area (Å²) in [5, 5.41) is 7.64. The zero-order valence-corrected chi connectivity index (χ0v) is 17.8. The summed E-state index contributed by atoms with van der Waals surface area (Å²) in [5.41, 5.74) is 3.90. The highest BCUT2D eigenvalue weighted by Crippen LogP contribution is 2.39. The molecule has 2 bridgehead atoms. The van der Waals surface area contributed by atoms with E-state index in [1.165, 1.54) is 4.90 Å². The maximum absolute atomic E-state index is 13.5. The first-order valence-electron chi connectivity index (χ1n) is 9.78. The van der Waals surface area contributed by atoms with Crippen LogP contribution >= 0.6 is 11.6 Å². The van der Waals surface area contributed by atoms with Gasteiger partial charge in [0.15, 0.2) is 5.78 Å². The number of hydrogen-bond donors (Lipinski definition) is 1. The summed E-state index contributed by atoms with van der Waals surface area (Å²) in [5.74, 6) is -3.03. The summed E-state index contributed by atoms with van der Waals surface area (Å²) in [6.07, 6.45) is 1.95. The summed E-state index contributed by atoms with van der Waals surface area (Å²) >= 11 is 6.13. The Labute approximate surface area is 195 Å². The molecule has 0 saturated carbocycles. The second-order valence-electron chi connectivity index (χ2n) is 7.31. The number of hydrogen-bond acceptors (Lipinski definition) is 4. The fourth-order valence-corrected chi connectivity index (χ4v) is 3.99. The fourth-order valence-electron chi connectivity index (χ4n) is 3.80. The number of nitrogens with zero attached hydrogens (tertiary/aromatic N) is 2. The van der Waals surface area contributed by atoms with Crippen LogP contribution in [0.1, 0.15) is 26.3 Å². The minimum atomic E-state index is -5.08. The molecule has 34 heavy (non-hydrogen) atoms. The highest BCUT2D eigenvalue weighted by atomic mass is 35.5. The second-order valence-corrected chi connectivity index (χ2v) is 7.75. The van der Waals surface area contributed by atoms with Crippen molar-refractivity contribution in [2.24, 2.45) is 0 Å². The Morgan fingerprint density at radius 1 is 1.03 bits per heavy atom. The smallest absolute Gasteiger partial charge is 0.475 e. The Bertz CT molecular complexity index is 1340. The van der Waals surface area contributed by atoms with E-state index < -0.39 is 18.2 Å². The molecular weight excluding hydrogens is 473 g/mol. The number of carbonyl (C=O) groups excluding carboxylic acids is 2. The van der Waals surface area contributed by atoms with E-state index in [0.29, 0.717) is 21.8 Å². The normalized spacial score (nSPS) is 16.1. The van der Waals surface area contributed by atoms with Crippen molar-refractivity contribution in [1.29, 1.82) is 0 Å². The third-order valence-electron chi connectivity index (χ3n) is 5.24. The number of fused-ring (bicyclic) bond motifs is 1. The molecule has 10 heteroatoms. The number of carboxylic acid groups (broad SMARTS) is 1. The van der Waals surface area contributed by atoms with E-state index in [4.69, 9.17) is 21.5 Å². The van der Waals surface area contributed by atoms with Crippen LogP contribution in [0.5, 0.6) is 0 Å². The molecule has 1 N–H and O–H groups in total. The van der Waals surface area contributed by atoms with E-state index >= 15 is 0 Å². The molecule has 5 rings (SSSR count). The van der Waals surface area contributed by atoms with Gasteiger partial charge in [-0.3, -0.25) is 19.5 Å². The fraction of sp³-hybridized carbons (Fsp3) is 0.0833. The number of anilines is 1. The lowest BCUT2D eigenvalue weighted by Crippen LogP contribution is -2.50. The van der Waals surface area contributed by atoms with Crippen molar-refractivity contribution in [1.82, 2.24) is 4.98 Å². The Morgan fingerprint density at radius 3 is 2.32 bits per heavy atom. The van der Waals surface area contributed by atoms with Gasteiger partial charge in [-0.15, -0.1) is 0 Å². The first-order chi connectivity index (χ1) is 16.1. The Balaban J connectivity index is 0.000000344. The monoisotopic (exact) mass is 486 g/mol. The number of aromatic nitrogens is 1. The van der Waals surface area contributed by atoms with E-state index in [9.17, 15) is 22.8 Å². The number of pyridine rings is 1. The Hall–Kier alpha value is -3.98. The van der Waals surface area contributed by atoms with Crippen molar-refractivity contribution in [2.75, 3.05) is 4.90 Å². The van der Waals surface area contributed by atoms with Gasteiger partial charge in [-0.25, -0.2) is 4.79 Å². The highest BCUT2D eigenvalue weighted by Gasteiger charge is 2.43. The van der Waals surface area contributed by atoms with Crippen LogP contribution in [0.25, 0.3) is 17.2 Å². The van der Waals surface area contributed by atoms with Crippen molar-refractivity contribution >= 4 is 41.0 Å². The number of rotatable bonds is 2. The van der Waals surface area contributed by atoms with Crippen molar-refractivity contribution < 1.29 is 32.7 Å². The molecule has 1 aliphatic carbocycles. The van der Waals surface area contributed by atoms with Gasteiger partial charge in [-0.1, -0.05) is 42.0 Å². The van der Waals surface area contributed by atoms with Crippen molar-refractivity contribution in [3.8, 4) is 11.1 Å². The van der Waals surface area contributed by atoms with Gasteiger partial charge in [-0.2, -0.15) is 13.2 Å². The number of halogens is 4. The van der Waals surface area contributed by atoms with Gasteiger partial charge in [0.25, 0.3) is 5.91 Å². The third kappa shape index (κ3) is 4.17. The molecule has 1 amide bonds. The van der Waals surface area contributed by atoms with Crippen LogP contribution in [0.2, 0.25) is 5.02 Å². The second kappa shape index (κ2) is 8.75. The average molecular weight is 487 g/mol. The lowest BCUT2D eigenvalue weighted by Gasteiger charge is -2.37. The van der Waals surface area contributed by atoms with Crippen LogP contribution in [0.3, 0.4) is 0 Å². The van der Waals surface area contributed by atoms with E-state index in [2.05, 4.69) is 4.98 Å². The molecule has 2 aliphatic rings. The van der Waals surface area contributed by atoms with E-state index in [1.807, 2.05) is 30.3 Å². The number of amides is 1. The molecule has 1 unspecified atom stereocenters. The maximum Gasteiger partial charge on any atom is 0.490 e. The average Bonchev–Trinajstić information content (AvgIpc) is 2.80. The standard InChI is InChI=1S/C22H13ClN2O2.C2HF3O2/c23-15-2-1-3-16(12-15)25-18-7-5-14-4-6-17(13-8-10-24-11-9-13)20(22(25)27)19(14)21(18)26;3-2(4,5)1(6)7/h1-12,18H;(H,6,7). The van der Waals surface area contributed by atoms with Crippen LogP contribution in [0.4, 0.5) is 18.9 Å². The number of carbonyl (C=O) groups is 3. The quantitative estimate of drug-likeness (QED) is 0.533. The molecule has 0 radical (unpaired) electrons. The molecule has 0 spiro atoms. The van der Waals surface area contributed by atoms with E-state index in [1.54, 1.807) is 42.7 Å². The molecule has 0 fully saturated rings. The summed E-state index contributed by atoms with van der Waals surface area (Å²) in [6.45, 7) is 0. The summed E-state index contributed by atoms with van der Waals surface area (Å²) in [6, 6.07) is 13.8. The number of Topliss-reactive ketones (excluding diaryl/α,β-unsaturated/α-hetero) is 1. The van der Waals surface area contributed by atoms with Gasteiger partial charge in [0.1, 0.15) is 6.04 Å². The van der Waals surface area contributed by atoms with Crippen LogP contribution in [-0.2, 0) is 4.79 Å². The first kappa shape index (κ1) is 23.2. The molecule has 3 aromatic rings. The topological polar surface area (TPSA) is 87.6 Å². The Kier molecular flexibility index (Phi) is 5.97. The molecule has 1 aliphatic heterocycles. The number of alkyl halides is 3. The summed E-state index contributed by atoms with van der Waals surface area (Å²) in [7, 11) is 0. The number of aliphatic carboxylic acids is 1. The van der Waals surface area contributed by atoms with Crippen LogP contribution < -0.4 is 4.90 Å². The van der Waals surface area contributed by atoms with Gasteiger partial charge in [0.05, 0.1) is 5.56 Å². The van der Waals surface area contributed by atoms with Gasteiger partial charge in [0.2, 0.25) is 0 Å². The molecule has 172 valence electrons. The minimum Gasteiger partial charge on any atom is -0.475 e. The third-order valence-corrected chi connectivity index (χ3v) is 5.48. The maximum atomic E-state index is 13.5. The lowest BCUT2D eigenvalue weighted by molar-refractivity contribution is -0.192. The van der Waals surface area contributed by atoms with Crippen LogP contribution in [0.15, 0.2) is 67.0 Å². The number of carboxylic acids is 1. The first-order valence-corrected chi connectivity index (χ1v) is 10.2. The van der Waals surface area contributed by atoms with Gasteiger partial charge in [0, 0.05) is 28.7 Å².